The second-order valence-electron chi connectivity index (χ2n) is 5.83. The van der Waals surface area contributed by atoms with Gasteiger partial charge in [-0.1, -0.05) is 46.8 Å². The number of hydrogen-bond acceptors (Lipinski definition) is 2. The highest BCUT2D eigenvalue weighted by atomic mass is 79.9. The lowest BCUT2D eigenvalue weighted by Gasteiger charge is -2.10. The SMILES string of the molecule is C=CC(=O)NCCCc1nc2ccccc2n1Cc1cccc(Br)c1. The Kier molecular flexibility index (Phi) is 5.66. The van der Waals surface area contributed by atoms with Crippen molar-refractivity contribution in [3.8, 4) is 0 Å². The van der Waals surface area contributed by atoms with Crippen LogP contribution < -0.4 is 5.32 Å². The minimum atomic E-state index is -0.136. The van der Waals surface area contributed by atoms with Crippen molar-refractivity contribution in [2.45, 2.75) is 19.4 Å². The first-order valence-corrected chi connectivity index (χ1v) is 9.05. The Morgan fingerprint density at radius 1 is 1.24 bits per heavy atom. The Hall–Kier alpha value is -2.40. The Balaban J connectivity index is 1.82. The smallest absolute Gasteiger partial charge is 0.243 e. The Bertz CT molecular complexity index is 901. The summed E-state index contributed by atoms with van der Waals surface area (Å²) in [6.45, 7) is 4.85. The number of fused-ring (bicyclic) bond motifs is 1. The lowest BCUT2D eigenvalue weighted by molar-refractivity contribution is -0.116. The van der Waals surface area contributed by atoms with E-state index in [4.69, 9.17) is 4.98 Å². The van der Waals surface area contributed by atoms with Gasteiger partial charge in [0.05, 0.1) is 11.0 Å². The number of aromatic nitrogens is 2. The highest BCUT2D eigenvalue weighted by molar-refractivity contribution is 9.10. The van der Waals surface area contributed by atoms with Gasteiger partial charge in [0.1, 0.15) is 5.82 Å². The van der Waals surface area contributed by atoms with Crippen LogP contribution in [0.2, 0.25) is 0 Å². The van der Waals surface area contributed by atoms with Crippen molar-refractivity contribution in [2.24, 2.45) is 0 Å². The number of aryl methyl sites for hydroxylation is 1. The fourth-order valence-electron chi connectivity index (χ4n) is 2.84. The minimum Gasteiger partial charge on any atom is -0.353 e. The second kappa shape index (κ2) is 8.12. The van der Waals surface area contributed by atoms with Crippen LogP contribution in [0.15, 0.2) is 65.7 Å². The zero-order valence-electron chi connectivity index (χ0n) is 13.9. The number of nitrogens with zero attached hydrogens (tertiary/aromatic N) is 2. The Morgan fingerprint density at radius 3 is 2.88 bits per heavy atom. The maximum absolute atomic E-state index is 11.2. The number of nitrogens with one attached hydrogen (secondary N) is 1. The van der Waals surface area contributed by atoms with E-state index in [0.29, 0.717) is 6.54 Å². The van der Waals surface area contributed by atoms with Gasteiger partial charge in [0.2, 0.25) is 5.91 Å². The highest BCUT2D eigenvalue weighted by Gasteiger charge is 2.11. The van der Waals surface area contributed by atoms with E-state index in [-0.39, 0.29) is 5.91 Å². The van der Waals surface area contributed by atoms with Crippen molar-refractivity contribution in [3.63, 3.8) is 0 Å². The molecule has 1 aromatic heterocycles. The Morgan fingerprint density at radius 2 is 2.08 bits per heavy atom. The molecule has 4 nitrogen and oxygen atoms in total. The van der Waals surface area contributed by atoms with Gasteiger partial charge >= 0.3 is 0 Å². The molecule has 0 saturated carbocycles. The lowest BCUT2D eigenvalue weighted by atomic mass is 10.2. The Labute approximate surface area is 155 Å². The summed E-state index contributed by atoms with van der Waals surface area (Å²) in [6, 6.07) is 16.5. The summed E-state index contributed by atoms with van der Waals surface area (Å²) in [7, 11) is 0. The molecule has 0 spiro atoms. The van der Waals surface area contributed by atoms with E-state index in [1.165, 1.54) is 11.6 Å². The molecule has 5 heteroatoms. The minimum absolute atomic E-state index is 0.136. The van der Waals surface area contributed by atoms with E-state index in [1.807, 2.05) is 30.3 Å². The van der Waals surface area contributed by atoms with Gasteiger partial charge in [-0.2, -0.15) is 0 Å². The summed E-state index contributed by atoms with van der Waals surface area (Å²) in [5, 5.41) is 2.81. The molecule has 1 amide bonds. The zero-order chi connectivity index (χ0) is 17.6. The van der Waals surface area contributed by atoms with E-state index in [1.54, 1.807) is 0 Å². The summed E-state index contributed by atoms with van der Waals surface area (Å²) >= 11 is 3.53. The van der Waals surface area contributed by atoms with Gasteiger partial charge in [0, 0.05) is 24.0 Å². The summed E-state index contributed by atoms with van der Waals surface area (Å²) in [5.41, 5.74) is 3.36. The van der Waals surface area contributed by atoms with Crippen LogP contribution in [0.4, 0.5) is 0 Å². The van der Waals surface area contributed by atoms with E-state index in [0.717, 1.165) is 40.7 Å². The summed E-state index contributed by atoms with van der Waals surface area (Å²) in [6.07, 6.45) is 2.93. The first-order valence-electron chi connectivity index (χ1n) is 8.26. The number of para-hydroxylation sites is 2. The van der Waals surface area contributed by atoms with E-state index in [9.17, 15) is 4.79 Å². The average molecular weight is 398 g/mol. The predicted molar refractivity (Wildman–Crippen MR) is 105 cm³/mol. The van der Waals surface area contributed by atoms with Crippen LogP contribution in [0.1, 0.15) is 17.8 Å². The van der Waals surface area contributed by atoms with Crippen molar-refractivity contribution in [2.75, 3.05) is 6.54 Å². The molecular formula is C20H20BrN3O. The van der Waals surface area contributed by atoms with Gasteiger partial charge in [0.25, 0.3) is 0 Å². The molecule has 3 rings (SSSR count). The number of imidazole rings is 1. The van der Waals surface area contributed by atoms with Crippen LogP contribution in [0.25, 0.3) is 11.0 Å². The van der Waals surface area contributed by atoms with Gasteiger partial charge in [-0.25, -0.2) is 4.98 Å². The molecule has 0 aliphatic heterocycles. The van der Waals surface area contributed by atoms with Crippen molar-refractivity contribution < 1.29 is 4.79 Å². The van der Waals surface area contributed by atoms with Gasteiger partial charge in [-0.05, 0) is 42.3 Å². The van der Waals surface area contributed by atoms with Crippen LogP contribution in [0.5, 0.6) is 0 Å². The van der Waals surface area contributed by atoms with Crippen LogP contribution in [0, 0.1) is 0 Å². The fourth-order valence-corrected chi connectivity index (χ4v) is 3.29. The first-order chi connectivity index (χ1) is 12.2. The molecule has 0 unspecified atom stereocenters. The molecule has 0 aliphatic rings. The van der Waals surface area contributed by atoms with Crippen molar-refractivity contribution in [3.05, 3.63) is 77.0 Å². The third-order valence-corrected chi connectivity index (χ3v) is 4.52. The van der Waals surface area contributed by atoms with E-state index in [2.05, 4.69) is 50.6 Å². The quantitative estimate of drug-likeness (QED) is 0.482. The molecule has 0 atom stereocenters. The van der Waals surface area contributed by atoms with Gasteiger partial charge in [-0.3, -0.25) is 4.79 Å². The molecule has 0 radical (unpaired) electrons. The maximum Gasteiger partial charge on any atom is 0.243 e. The average Bonchev–Trinajstić information content (AvgIpc) is 2.96. The molecule has 1 heterocycles. The summed E-state index contributed by atoms with van der Waals surface area (Å²) in [4.78, 5) is 16.0. The summed E-state index contributed by atoms with van der Waals surface area (Å²) < 4.78 is 3.33. The molecule has 1 N–H and O–H groups in total. The largest absolute Gasteiger partial charge is 0.353 e. The molecule has 3 aromatic rings. The molecule has 25 heavy (non-hydrogen) atoms. The molecule has 2 aromatic carbocycles. The van der Waals surface area contributed by atoms with Crippen molar-refractivity contribution in [1.29, 1.82) is 0 Å². The monoisotopic (exact) mass is 397 g/mol. The topological polar surface area (TPSA) is 46.9 Å². The van der Waals surface area contributed by atoms with Crippen molar-refractivity contribution >= 4 is 32.9 Å². The lowest BCUT2D eigenvalue weighted by Crippen LogP contribution is -2.22. The number of hydrogen-bond donors (Lipinski definition) is 1. The standard InChI is InChI=1S/C20H20BrN3O/c1-2-20(25)22-12-6-11-19-23-17-9-3-4-10-18(17)24(19)14-15-7-5-8-16(21)13-15/h2-5,7-10,13H,1,6,11-12,14H2,(H,22,25). The van der Waals surface area contributed by atoms with Crippen LogP contribution >= 0.6 is 15.9 Å². The highest BCUT2D eigenvalue weighted by Crippen LogP contribution is 2.20. The van der Waals surface area contributed by atoms with Crippen molar-refractivity contribution in [1.82, 2.24) is 14.9 Å². The van der Waals surface area contributed by atoms with Crippen LogP contribution in [0.3, 0.4) is 0 Å². The van der Waals surface area contributed by atoms with Gasteiger partial charge < -0.3 is 9.88 Å². The fraction of sp³-hybridized carbons (Fsp3) is 0.200. The molecular weight excluding hydrogens is 378 g/mol. The van der Waals surface area contributed by atoms with Gasteiger partial charge in [-0.15, -0.1) is 0 Å². The number of amides is 1. The van der Waals surface area contributed by atoms with Crippen LogP contribution in [-0.4, -0.2) is 22.0 Å². The first kappa shape index (κ1) is 17.4. The van der Waals surface area contributed by atoms with E-state index >= 15 is 0 Å². The third kappa shape index (κ3) is 4.37. The zero-order valence-corrected chi connectivity index (χ0v) is 15.5. The maximum atomic E-state index is 11.2. The van der Waals surface area contributed by atoms with Crippen LogP contribution in [-0.2, 0) is 17.8 Å². The molecule has 0 fully saturated rings. The number of carbonyl (C=O) groups is 1. The number of benzene rings is 2. The van der Waals surface area contributed by atoms with Gasteiger partial charge in [0.15, 0.2) is 0 Å². The summed E-state index contributed by atoms with van der Waals surface area (Å²) in [5.74, 6) is 0.900. The third-order valence-electron chi connectivity index (χ3n) is 4.03. The van der Waals surface area contributed by atoms with E-state index < -0.39 is 0 Å². The number of rotatable bonds is 7. The predicted octanol–water partition coefficient (Wildman–Crippen LogP) is 4.08. The number of carbonyl (C=O) groups excluding carboxylic acids is 1. The number of halogens is 1. The molecule has 128 valence electrons. The molecule has 0 aliphatic carbocycles. The molecule has 0 saturated heterocycles. The second-order valence-corrected chi connectivity index (χ2v) is 6.75. The normalized spacial score (nSPS) is 10.8. The molecule has 0 bridgehead atoms.